The van der Waals surface area contributed by atoms with Crippen LogP contribution in [0.15, 0.2) is 67.3 Å². The highest BCUT2D eigenvalue weighted by Gasteiger charge is 2.33. The van der Waals surface area contributed by atoms with Crippen molar-refractivity contribution in [2.75, 3.05) is 10.6 Å². The van der Waals surface area contributed by atoms with Crippen molar-refractivity contribution in [1.82, 2.24) is 19.9 Å². The van der Waals surface area contributed by atoms with Gasteiger partial charge in [-0.15, -0.1) is 0 Å². The van der Waals surface area contributed by atoms with Crippen LogP contribution < -0.4 is 10.6 Å². The fourth-order valence-corrected chi connectivity index (χ4v) is 3.18. The van der Waals surface area contributed by atoms with E-state index in [0.717, 1.165) is 6.20 Å². The molecule has 4 rings (SSSR count). The van der Waals surface area contributed by atoms with Crippen LogP contribution in [0, 0.1) is 18.3 Å². The predicted octanol–water partition coefficient (Wildman–Crippen LogP) is 5.13. The average molecular weight is 475 g/mol. The van der Waals surface area contributed by atoms with E-state index < -0.39 is 17.8 Å². The fraction of sp³-hybridized carbons (Fsp3) is 0.0833. The van der Waals surface area contributed by atoms with Crippen LogP contribution >= 0.6 is 0 Å². The number of nitriles is 1. The molecule has 0 aliphatic carbocycles. The number of rotatable bonds is 5. The number of hydrogen-bond donors (Lipinski definition) is 2. The van der Waals surface area contributed by atoms with Gasteiger partial charge < -0.3 is 10.6 Å². The lowest BCUT2D eigenvalue weighted by Crippen LogP contribution is -2.15. The molecule has 1 amide bonds. The Morgan fingerprint density at radius 3 is 2.54 bits per heavy atom. The summed E-state index contributed by atoms with van der Waals surface area (Å²) in [6.45, 7) is 1.74. The zero-order valence-corrected chi connectivity index (χ0v) is 18.1. The van der Waals surface area contributed by atoms with Crippen molar-refractivity contribution < 1.29 is 18.0 Å². The van der Waals surface area contributed by atoms with Gasteiger partial charge >= 0.3 is 6.18 Å². The third-order valence-corrected chi connectivity index (χ3v) is 4.89. The van der Waals surface area contributed by atoms with Gasteiger partial charge in [0, 0.05) is 41.0 Å². The molecule has 35 heavy (non-hydrogen) atoms. The molecule has 0 aromatic carbocycles. The van der Waals surface area contributed by atoms with E-state index in [1.807, 2.05) is 0 Å². The largest absolute Gasteiger partial charge is 0.433 e. The molecule has 0 atom stereocenters. The van der Waals surface area contributed by atoms with Crippen molar-refractivity contribution in [1.29, 1.82) is 5.26 Å². The van der Waals surface area contributed by atoms with E-state index in [9.17, 15) is 23.2 Å². The Bertz CT molecular complexity index is 1430. The van der Waals surface area contributed by atoms with Crippen LogP contribution in [-0.2, 0) is 6.18 Å². The number of pyridine rings is 4. The number of nitrogens with one attached hydrogen (secondary N) is 2. The number of halogens is 3. The number of anilines is 3. The number of amides is 1. The molecule has 0 saturated carbocycles. The minimum absolute atomic E-state index is 0.201. The summed E-state index contributed by atoms with van der Waals surface area (Å²) in [5, 5.41) is 15.1. The lowest BCUT2D eigenvalue weighted by Gasteiger charge is -2.12. The van der Waals surface area contributed by atoms with Gasteiger partial charge in [0.25, 0.3) is 5.91 Å². The maximum atomic E-state index is 12.9. The molecule has 0 aliphatic heterocycles. The number of aryl methyl sites for hydroxylation is 1. The fourth-order valence-electron chi connectivity index (χ4n) is 3.18. The maximum Gasteiger partial charge on any atom is 0.433 e. The number of carbonyl (C=O) groups excluding carboxylic acids is 1. The highest BCUT2D eigenvalue weighted by atomic mass is 19.4. The van der Waals surface area contributed by atoms with Crippen molar-refractivity contribution in [3.63, 3.8) is 0 Å². The Morgan fingerprint density at radius 2 is 1.83 bits per heavy atom. The lowest BCUT2D eigenvalue weighted by molar-refractivity contribution is -0.141. The van der Waals surface area contributed by atoms with Crippen LogP contribution in [0.2, 0.25) is 0 Å². The first-order valence-corrected chi connectivity index (χ1v) is 10.1. The van der Waals surface area contributed by atoms with Crippen molar-refractivity contribution >= 4 is 23.2 Å². The van der Waals surface area contributed by atoms with Gasteiger partial charge in [0.2, 0.25) is 0 Å². The number of aromatic nitrogens is 4. The highest BCUT2D eigenvalue weighted by Crippen LogP contribution is 2.29. The molecular formula is C24H16F3N7O. The third kappa shape index (κ3) is 5.39. The number of nitrogens with zero attached hydrogens (tertiary/aromatic N) is 5. The Balaban J connectivity index is 1.60. The standard InChI is InChI=1S/C24H16F3N7O/c1-14-19(17-8-16(11-28)22(32-12-17)34-21-4-2-3-6-30-21)10-18(13-31-14)33-23(35)15-5-7-29-20(9-15)24(25,26)27/h2-10,12-13H,1H3,(H,33,35)(H,30,32,34). The zero-order valence-electron chi connectivity index (χ0n) is 18.1. The minimum Gasteiger partial charge on any atom is -0.324 e. The van der Waals surface area contributed by atoms with Crippen LogP contribution in [0.1, 0.15) is 27.3 Å². The molecule has 0 bridgehead atoms. The SMILES string of the molecule is Cc1ncc(NC(=O)c2ccnc(C(F)(F)F)c2)cc1-c1cnc(Nc2ccccn2)c(C#N)c1. The maximum absolute atomic E-state index is 12.9. The number of carbonyl (C=O) groups is 1. The van der Waals surface area contributed by atoms with E-state index in [-0.39, 0.29) is 16.8 Å². The van der Waals surface area contributed by atoms with Gasteiger partial charge in [-0.2, -0.15) is 18.4 Å². The summed E-state index contributed by atoms with van der Waals surface area (Å²) in [5.74, 6) is 0.0972. The van der Waals surface area contributed by atoms with E-state index in [0.29, 0.717) is 34.5 Å². The van der Waals surface area contributed by atoms with Crippen molar-refractivity contribution in [2.45, 2.75) is 13.1 Å². The van der Waals surface area contributed by atoms with Crippen LogP contribution in [-0.4, -0.2) is 25.8 Å². The van der Waals surface area contributed by atoms with E-state index in [4.69, 9.17) is 0 Å². The predicted molar refractivity (Wildman–Crippen MR) is 122 cm³/mol. The second kappa shape index (κ2) is 9.56. The molecule has 4 aromatic heterocycles. The lowest BCUT2D eigenvalue weighted by atomic mass is 10.0. The minimum atomic E-state index is -4.67. The summed E-state index contributed by atoms with van der Waals surface area (Å²) in [6, 6.07) is 12.5. The topological polar surface area (TPSA) is 116 Å². The van der Waals surface area contributed by atoms with Gasteiger partial charge in [-0.1, -0.05) is 6.07 Å². The van der Waals surface area contributed by atoms with Crippen LogP contribution in [0.4, 0.5) is 30.5 Å². The summed E-state index contributed by atoms with van der Waals surface area (Å²) in [5.41, 5.74) is 0.908. The first kappa shape index (κ1) is 23.3. The van der Waals surface area contributed by atoms with Crippen LogP contribution in [0.5, 0.6) is 0 Å². The Hall–Kier alpha value is -4.85. The van der Waals surface area contributed by atoms with Crippen molar-refractivity contribution in [2.24, 2.45) is 0 Å². The Morgan fingerprint density at radius 1 is 1.00 bits per heavy atom. The zero-order chi connectivity index (χ0) is 25.0. The Kier molecular flexibility index (Phi) is 6.37. The normalized spacial score (nSPS) is 10.9. The van der Waals surface area contributed by atoms with Gasteiger partial charge in [-0.05, 0) is 43.3 Å². The first-order valence-electron chi connectivity index (χ1n) is 10.1. The van der Waals surface area contributed by atoms with Crippen molar-refractivity contribution in [3.05, 3.63) is 89.8 Å². The van der Waals surface area contributed by atoms with Crippen molar-refractivity contribution in [3.8, 4) is 17.2 Å². The number of hydrogen-bond acceptors (Lipinski definition) is 7. The van der Waals surface area contributed by atoms with Gasteiger partial charge in [0.1, 0.15) is 23.4 Å². The molecule has 0 aliphatic rings. The van der Waals surface area contributed by atoms with E-state index in [1.54, 1.807) is 49.6 Å². The number of alkyl halides is 3. The van der Waals surface area contributed by atoms with Gasteiger partial charge in [-0.25, -0.2) is 9.97 Å². The smallest absolute Gasteiger partial charge is 0.324 e. The molecule has 0 spiro atoms. The van der Waals surface area contributed by atoms with Crippen LogP contribution in [0.3, 0.4) is 0 Å². The molecule has 4 heterocycles. The molecular weight excluding hydrogens is 459 g/mol. The molecule has 0 saturated heterocycles. The summed E-state index contributed by atoms with van der Waals surface area (Å²) in [4.78, 5) is 28.5. The van der Waals surface area contributed by atoms with Gasteiger partial charge in [-0.3, -0.25) is 14.8 Å². The molecule has 11 heteroatoms. The highest BCUT2D eigenvalue weighted by molar-refractivity contribution is 6.04. The van der Waals surface area contributed by atoms with E-state index >= 15 is 0 Å². The molecule has 0 fully saturated rings. The summed E-state index contributed by atoms with van der Waals surface area (Å²) in [7, 11) is 0. The summed E-state index contributed by atoms with van der Waals surface area (Å²) in [6.07, 6.45) is 0.788. The summed E-state index contributed by atoms with van der Waals surface area (Å²) >= 11 is 0. The first-order chi connectivity index (χ1) is 16.7. The second-order valence-electron chi connectivity index (χ2n) is 7.31. The Labute approximate surface area is 197 Å². The van der Waals surface area contributed by atoms with Crippen LogP contribution in [0.25, 0.3) is 11.1 Å². The monoisotopic (exact) mass is 475 g/mol. The molecule has 4 aromatic rings. The molecule has 2 N–H and O–H groups in total. The third-order valence-electron chi connectivity index (χ3n) is 4.89. The van der Waals surface area contributed by atoms with E-state index in [1.165, 1.54) is 12.3 Å². The van der Waals surface area contributed by atoms with Gasteiger partial charge in [0.15, 0.2) is 0 Å². The second-order valence-corrected chi connectivity index (χ2v) is 7.31. The quantitative estimate of drug-likeness (QED) is 0.411. The molecule has 174 valence electrons. The summed E-state index contributed by atoms with van der Waals surface area (Å²) < 4.78 is 38.7. The molecule has 0 radical (unpaired) electrons. The van der Waals surface area contributed by atoms with Gasteiger partial charge in [0.05, 0.1) is 17.4 Å². The average Bonchev–Trinajstić information content (AvgIpc) is 2.85. The van der Waals surface area contributed by atoms with E-state index in [2.05, 4.69) is 36.6 Å². The molecule has 8 nitrogen and oxygen atoms in total. The molecule has 0 unspecified atom stereocenters.